The molecule has 3 nitrogen and oxygen atoms in total. The molecule has 4 heteroatoms. The second-order valence-electron chi connectivity index (χ2n) is 4.43. The molecule has 0 bridgehead atoms. The number of thioether (sulfide) groups is 1. The van der Waals surface area contributed by atoms with Gasteiger partial charge >= 0.3 is 0 Å². The molecule has 0 aliphatic rings. The smallest absolute Gasteiger partial charge is 0.221 e. The number of aliphatic hydroxyl groups excluding tert-OH is 1. The summed E-state index contributed by atoms with van der Waals surface area (Å²) < 4.78 is 0. The van der Waals surface area contributed by atoms with Crippen LogP contribution in [0, 0.1) is 5.92 Å². The van der Waals surface area contributed by atoms with Gasteiger partial charge in [-0.25, -0.2) is 0 Å². The summed E-state index contributed by atoms with van der Waals surface area (Å²) in [5.74, 6) is 0.915. The Morgan fingerprint density at radius 1 is 1.33 bits per heavy atom. The molecule has 100 valence electrons. The number of hydrogen-bond donors (Lipinski definition) is 2. The van der Waals surface area contributed by atoms with Gasteiger partial charge in [-0.3, -0.25) is 4.79 Å². The van der Waals surface area contributed by atoms with Gasteiger partial charge in [-0.2, -0.15) is 0 Å². The molecule has 0 saturated heterocycles. The quantitative estimate of drug-likeness (QED) is 0.745. The molecule has 0 fully saturated rings. The molecule has 2 unspecified atom stereocenters. The van der Waals surface area contributed by atoms with Crippen molar-refractivity contribution in [3.05, 3.63) is 30.3 Å². The zero-order valence-electron chi connectivity index (χ0n) is 10.9. The maximum absolute atomic E-state index is 11.7. The fourth-order valence-corrected chi connectivity index (χ4v) is 2.28. The van der Waals surface area contributed by atoms with Gasteiger partial charge in [0.1, 0.15) is 0 Å². The van der Waals surface area contributed by atoms with E-state index in [0.29, 0.717) is 6.42 Å². The van der Waals surface area contributed by atoms with E-state index >= 15 is 0 Å². The van der Waals surface area contributed by atoms with Crippen LogP contribution in [0.15, 0.2) is 35.2 Å². The van der Waals surface area contributed by atoms with Gasteiger partial charge in [0.15, 0.2) is 0 Å². The second kappa shape index (κ2) is 8.16. The zero-order valence-corrected chi connectivity index (χ0v) is 11.7. The van der Waals surface area contributed by atoms with Gasteiger partial charge in [-0.1, -0.05) is 25.1 Å². The van der Waals surface area contributed by atoms with Crippen LogP contribution in [0.2, 0.25) is 0 Å². The third-order valence-electron chi connectivity index (χ3n) is 2.87. The van der Waals surface area contributed by atoms with Crippen molar-refractivity contribution in [3.8, 4) is 0 Å². The Bertz CT molecular complexity index is 356. The van der Waals surface area contributed by atoms with E-state index in [0.717, 1.165) is 5.75 Å². The van der Waals surface area contributed by atoms with Crippen molar-refractivity contribution in [3.63, 3.8) is 0 Å². The molecule has 0 spiro atoms. The van der Waals surface area contributed by atoms with Crippen molar-refractivity contribution in [2.45, 2.75) is 31.2 Å². The topological polar surface area (TPSA) is 49.3 Å². The second-order valence-corrected chi connectivity index (χ2v) is 5.60. The van der Waals surface area contributed by atoms with Gasteiger partial charge < -0.3 is 10.4 Å². The third-order valence-corrected chi connectivity index (χ3v) is 3.89. The molecule has 2 N–H and O–H groups in total. The van der Waals surface area contributed by atoms with E-state index in [-0.39, 0.29) is 24.5 Å². The summed E-state index contributed by atoms with van der Waals surface area (Å²) in [6.07, 6.45) is 0.502. The van der Waals surface area contributed by atoms with Crippen LogP contribution in [-0.2, 0) is 4.79 Å². The van der Waals surface area contributed by atoms with E-state index in [4.69, 9.17) is 5.11 Å². The van der Waals surface area contributed by atoms with Crippen LogP contribution in [0.5, 0.6) is 0 Å². The fourth-order valence-electron chi connectivity index (χ4n) is 1.40. The molecule has 0 radical (unpaired) electrons. The summed E-state index contributed by atoms with van der Waals surface area (Å²) in [7, 11) is 0. The van der Waals surface area contributed by atoms with Crippen molar-refractivity contribution >= 4 is 17.7 Å². The standard InChI is InChI=1S/C14H21NO2S/c1-11(10-16)12(2)15-14(17)8-9-18-13-6-4-3-5-7-13/h3-7,11-12,16H,8-10H2,1-2H3,(H,15,17). The minimum Gasteiger partial charge on any atom is -0.396 e. The molecule has 2 atom stereocenters. The number of carbonyl (C=O) groups is 1. The van der Waals surface area contributed by atoms with Crippen LogP contribution < -0.4 is 5.32 Å². The number of nitrogens with one attached hydrogen (secondary N) is 1. The molecule has 0 aliphatic carbocycles. The summed E-state index contributed by atoms with van der Waals surface area (Å²) >= 11 is 1.68. The summed E-state index contributed by atoms with van der Waals surface area (Å²) in [5.41, 5.74) is 0. The van der Waals surface area contributed by atoms with E-state index in [2.05, 4.69) is 5.32 Å². The van der Waals surface area contributed by atoms with Crippen LogP contribution in [0.25, 0.3) is 0 Å². The molecule has 0 aromatic heterocycles. The predicted octanol–water partition coefficient (Wildman–Crippen LogP) is 2.30. The predicted molar refractivity (Wildman–Crippen MR) is 75.6 cm³/mol. The Balaban J connectivity index is 2.21. The number of amides is 1. The van der Waals surface area contributed by atoms with Crippen LogP contribution in [-0.4, -0.2) is 29.4 Å². The SMILES string of the molecule is CC(CO)C(C)NC(=O)CCSc1ccccc1. The maximum atomic E-state index is 11.7. The number of benzene rings is 1. The normalized spacial score (nSPS) is 13.9. The van der Waals surface area contributed by atoms with Crippen LogP contribution in [0.3, 0.4) is 0 Å². The highest BCUT2D eigenvalue weighted by molar-refractivity contribution is 7.99. The lowest BCUT2D eigenvalue weighted by molar-refractivity contribution is -0.121. The van der Waals surface area contributed by atoms with Gasteiger partial charge in [-0.15, -0.1) is 11.8 Å². The van der Waals surface area contributed by atoms with Crippen molar-refractivity contribution < 1.29 is 9.90 Å². The molecule has 1 aromatic carbocycles. The van der Waals surface area contributed by atoms with Crippen molar-refractivity contribution in [2.75, 3.05) is 12.4 Å². The number of carbonyl (C=O) groups excluding carboxylic acids is 1. The van der Waals surface area contributed by atoms with Crippen LogP contribution >= 0.6 is 11.8 Å². The molecular formula is C14H21NO2S. The number of aliphatic hydroxyl groups is 1. The summed E-state index contributed by atoms with van der Waals surface area (Å²) in [6, 6.07) is 10.1. The minimum absolute atomic E-state index is 0.0178. The lowest BCUT2D eigenvalue weighted by Crippen LogP contribution is -2.38. The molecule has 0 saturated carbocycles. The van der Waals surface area contributed by atoms with Gasteiger partial charge in [-0.05, 0) is 25.0 Å². The van der Waals surface area contributed by atoms with E-state index in [1.165, 1.54) is 4.90 Å². The Morgan fingerprint density at radius 3 is 2.61 bits per heavy atom. The highest BCUT2D eigenvalue weighted by Gasteiger charge is 2.13. The van der Waals surface area contributed by atoms with Crippen LogP contribution in [0.4, 0.5) is 0 Å². The third kappa shape index (κ3) is 5.56. The Hall–Kier alpha value is -1.00. The lowest BCUT2D eigenvalue weighted by Gasteiger charge is -2.19. The summed E-state index contributed by atoms with van der Waals surface area (Å²) in [6.45, 7) is 3.94. The van der Waals surface area contributed by atoms with Crippen molar-refractivity contribution in [1.29, 1.82) is 0 Å². The first-order valence-corrected chi connectivity index (χ1v) is 7.20. The lowest BCUT2D eigenvalue weighted by atomic mass is 10.1. The van der Waals surface area contributed by atoms with Crippen LogP contribution in [0.1, 0.15) is 20.3 Å². The maximum Gasteiger partial charge on any atom is 0.221 e. The van der Waals surface area contributed by atoms with Crippen molar-refractivity contribution in [2.24, 2.45) is 5.92 Å². The van der Waals surface area contributed by atoms with E-state index in [1.54, 1.807) is 11.8 Å². The highest BCUT2D eigenvalue weighted by atomic mass is 32.2. The minimum atomic E-state index is 0.0178. The molecular weight excluding hydrogens is 246 g/mol. The summed E-state index contributed by atoms with van der Waals surface area (Å²) in [4.78, 5) is 12.8. The molecule has 0 heterocycles. The number of rotatable bonds is 7. The Morgan fingerprint density at radius 2 is 2.00 bits per heavy atom. The number of hydrogen-bond acceptors (Lipinski definition) is 3. The molecule has 1 aromatic rings. The molecule has 0 aliphatic heterocycles. The first kappa shape index (κ1) is 15.1. The molecule has 1 amide bonds. The highest BCUT2D eigenvalue weighted by Crippen LogP contribution is 2.17. The molecule has 18 heavy (non-hydrogen) atoms. The summed E-state index contributed by atoms with van der Waals surface area (Å²) in [5, 5.41) is 11.9. The van der Waals surface area contributed by atoms with E-state index in [1.807, 2.05) is 44.2 Å². The van der Waals surface area contributed by atoms with Gasteiger partial charge in [0.2, 0.25) is 5.91 Å². The largest absolute Gasteiger partial charge is 0.396 e. The Labute approximate surface area is 113 Å². The average molecular weight is 267 g/mol. The zero-order chi connectivity index (χ0) is 13.4. The van der Waals surface area contributed by atoms with E-state index < -0.39 is 0 Å². The monoisotopic (exact) mass is 267 g/mol. The first-order chi connectivity index (χ1) is 8.63. The van der Waals surface area contributed by atoms with Gasteiger partial charge in [0, 0.05) is 29.7 Å². The fraction of sp³-hybridized carbons (Fsp3) is 0.500. The van der Waals surface area contributed by atoms with Crippen molar-refractivity contribution in [1.82, 2.24) is 5.32 Å². The Kier molecular flexibility index (Phi) is 6.83. The molecule has 1 rings (SSSR count). The first-order valence-electron chi connectivity index (χ1n) is 6.21. The van der Waals surface area contributed by atoms with E-state index in [9.17, 15) is 4.79 Å². The van der Waals surface area contributed by atoms with Gasteiger partial charge in [0.05, 0.1) is 0 Å². The average Bonchev–Trinajstić information content (AvgIpc) is 2.38. The van der Waals surface area contributed by atoms with Gasteiger partial charge in [0.25, 0.3) is 0 Å².